The van der Waals surface area contributed by atoms with Crippen LogP contribution in [0, 0.1) is 0 Å². The van der Waals surface area contributed by atoms with Crippen molar-refractivity contribution in [2.45, 2.75) is 0 Å². The van der Waals surface area contributed by atoms with E-state index >= 15 is 0 Å². The summed E-state index contributed by atoms with van der Waals surface area (Å²) in [6.45, 7) is 0. The summed E-state index contributed by atoms with van der Waals surface area (Å²) < 4.78 is 6.42. The molecule has 0 fully saturated rings. The minimum atomic E-state index is 0.824. The maximum Gasteiger partial charge on any atom is 0.119 e. The van der Waals surface area contributed by atoms with Crippen molar-refractivity contribution in [3.8, 4) is 39.3 Å². The Labute approximate surface area is 167 Å². The number of benzene rings is 3. The number of methoxy groups -OCH3 is 1. The SMILES string of the molecule is COc1cccc(-c2cc(-c3ccccc3)c(-c3ccccc3Br)cn2)c1. The van der Waals surface area contributed by atoms with Crippen molar-refractivity contribution in [1.29, 1.82) is 0 Å². The van der Waals surface area contributed by atoms with Crippen LogP contribution in [0.4, 0.5) is 0 Å². The van der Waals surface area contributed by atoms with Crippen molar-refractivity contribution in [2.24, 2.45) is 0 Å². The van der Waals surface area contributed by atoms with Gasteiger partial charge >= 0.3 is 0 Å². The second-order valence-corrected chi connectivity index (χ2v) is 7.05. The third-order valence-corrected chi connectivity index (χ3v) is 5.21. The molecule has 3 heteroatoms. The van der Waals surface area contributed by atoms with Gasteiger partial charge < -0.3 is 4.74 Å². The Morgan fingerprint density at radius 1 is 0.704 bits per heavy atom. The van der Waals surface area contributed by atoms with Gasteiger partial charge in [0.05, 0.1) is 12.8 Å². The zero-order chi connectivity index (χ0) is 18.6. The van der Waals surface area contributed by atoms with Crippen LogP contribution in [0.5, 0.6) is 5.75 Å². The van der Waals surface area contributed by atoms with Crippen molar-refractivity contribution >= 4 is 15.9 Å². The smallest absolute Gasteiger partial charge is 0.119 e. The van der Waals surface area contributed by atoms with Crippen molar-refractivity contribution < 1.29 is 4.74 Å². The van der Waals surface area contributed by atoms with Crippen LogP contribution in [0.15, 0.2) is 95.6 Å². The minimum absolute atomic E-state index is 0.824. The molecule has 1 heterocycles. The first-order valence-electron chi connectivity index (χ1n) is 8.71. The Bertz CT molecular complexity index is 1080. The summed E-state index contributed by atoms with van der Waals surface area (Å²) in [6, 6.07) is 28.8. The number of pyridine rings is 1. The highest BCUT2D eigenvalue weighted by Gasteiger charge is 2.13. The number of rotatable bonds is 4. The highest BCUT2D eigenvalue weighted by atomic mass is 79.9. The fourth-order valence-electron chi connectivity index (χ4n) is 3.15. The molecule has 0 aliphatic rings. The Kier molecular flexibility index (Phi) is 5.03. The van der Waals surface area contributed by atoms with E-state index in [0.717, 1.165) is 43.7 Å². The van der Waals surface area contributed by atoms with Crippen molar-refractivity contribution in [1.82, 2.24) is 4.98 Å². The summed E-state index contributed by atoms with van der Waals surface area (Å²) in [7, 11) is 1.68. The lowest BCUT2D eigenvalue weighted by atomic mass is 9.94. The van der Waals surface area contributed by atoms with E-state index in [1.54, 1.807) is 7.11 Å². The zero-order valence-electron chi connectivity index (χ0n) is 14.9. The second-order valence-electron chi connectivity index (χ2n) is 6.19. The quantitative estimate of drug-likeness (QED) is 0.363. The van der Waals surface area contributed by atoms with Gasteiger partial charge in [0, 0.05) is 21.8 Å². The van der Waals surface area contributed by atoms with Gasteiger partial charge in [0.1, 0.15) is 5.75 Å². The van der Waals surface area contributed by atoms with Gasteiger partial charge in [0.15, 0.2) is 0 Å². The highest BCUT2D eigenvalue weighted by Crippen LogP contribution is 2.37. The molecule has 0 saturated heterocycles. The maximum atomic E-state index is 5.37. The van der Waals surface area contributed by atoms with Gasteiger partial charge in [-0.15, -0.1) is 0 Å². The molecule has 4 rings (SSSR count). The average molecular weight is 416 g/mol. The van der Waals surface area contributed by atoms with Gasteiger partial charge in [0.25, 0.3) is 0 Å². The van der Waals surface area contributed by atoms with Crippen molar-refractivity contribution in [3.05, 3.63) is 95.6 Å². The standard InChI is InChI=1S/C24H18BrNO/c1-27-19-11-7-10-18(14-19)24-15-21(17-8-3-2-4-9-17)22(16-26-24)20-12-5-6-13-23(20)25/h2-16H,1H3. The minimum Gasteiger partial charge on any atom is -0.497 e. The summed E-state index contributed by atoms with van der Waals surface area (Å²) in [5, 5.41) is 0. The van der Waals surface area contributed by atoms with Gasteiger partial charge in [-0.25, -0.2) is 0 Å². The normalized spacial score (nSPS) is 10.6. The van der Waals surface area contributed by atoms with Crippen LogP contribution in [0.1, 0.15) is 0 Å². The lowest BCUT2D eigenvalue weighted by Gasteiger charge is -2.14. The van der Waals surface area contributed by atoms with Gasteiger partial charge in [-0.05, 0) is 41.0 Å². The van der Waals surface area contributed by atoms with Gasteiger partial charge in [-0.3, -0.25) is 4.98 Å². The summed E-state index contributed by atoms with van der Waals surface area (Å²) in [4.78, 5) is 4.75. The van der Waals surface area contributed by atoms with E-state index in [1.165, 1.54) is 0 Å². The Morgan fingerprint density at radius 3 is 2.22 bits per heavy atom. The molecule has 0 radical (unpaired) electrons. The molecule has 0 spiro atoms. The van der Waals surface area contributed by atoms with Gasteiger partial charge in [0.2, 0.25) is 0 Å². The third kappa shape index (κ3) is 3.64. The van der Waals surface area contributed by atoms with E-state index in [0.29, 0.717) is 0 Å². The number of ether oxygens (including phenoxy) is 1. The van der Waals surface area contributed by atoms with Crippen LogP contribution in [0.25, 0.3) is 33.5 Å². The van der Waals surface area contributed by atoms with Crippen LogP contribution in [-0.2, 0) is 0 Å². The lowest BCUT2D eigenvalue weighted by molar-refractivity contribution is 0.415. The molecule has 0 saturated carbocycles. The van der Waals surface area contributed by atoms with E-state index < -0.39 is 0 Å². The molecule has 2 nitrogen and oxygen atoms in total. The number of hydrogen-bond donors (Lipinski definition) is 0. The Balaban J connectivity index is 1.92. The second kappa shape index (κ2) is 7.77. The maximum absolute atomic E-state index is 5.37. The first kappa shape index (κ1) is 17.5. The predicted molar refractivity (Wildman–Crippen MR) is 115 cm³/mol. The van der Waals surface area contributed by atoms with Gasteiger partial charge in [-0.2, -0.15) is 0 Å². The Morgan fingerprint density at radius 2 is 1.44 bits per heavy atom. The summed E-state index contributed by atoms with van der Waals surface area (Å²) >= 11 is 3.68. The van der Waals surface area contributed by atoms with E-state index in [-0.39, 0.29) is 0 Å². The molecule has 0 aliphatic carbocycles. The molecule has 0 amide bonds. The Hall–Kier alpha value is -2.91. The topological polar surface area (TPSA) is 22.1 Å². The summed E-state index contributed by atoms with van der Waals surface area (Å²) in [5.41, 5.74) is 6.49. The lowest BCUT2D eigenvalue weighted by Crippen LogP contribution is -1.92. The number of halogens is 1. The molecule has 27 heavy (non-hydrogen) atoms. The molecule has 0 N–H and O–H groups in total. The molecule has 4 aromatic rings. The molecule has 0 aliphatic heterocycles. The van der Waals surface area contributed by atoms with Gasteiger partial charge in [-0.1, -0.05) is 76.6 Å². The molecular weight excluding hydrogens is 398 g/mol. The molecule has 3 aromatic carbocycles. The predicted octanol–water partition coefficient (Wildman–Crippen LogP) is 6.85. The van der Waals surface area contributed by atoms with Crippen LogP contribution < -0.4 is 4.74 Å². The van der Waals surface area contributed by atoms with E-state index in [9.17, 15) is 0 Å². The summed E-state index contributed by atoms with van der Waals surface area (Å²) in [6.07, 6.45) is 1.96. The number of aromatic nitrogens is 1. The first-order valence-corrected chi connectivity index (χ1v) is 9.50. The molecule has 1 aromatic heterocycles. The summed E-state index contributed by atoms with van der Waals surface area (Å²) in [5.74, 6) is 0.824. The first-order chi connectivity index (χ1) is 13.3. The highest BCUT2D eigenvalue weighted by molar-refractivity contribution is 9.10. The monoisotopic (exact) mass is 415 g/mol. The van der Waals surface area contributed by atoms with E-state index in [2.05, 4.69) is 64.5 Å². The molecule has 0 unspecified atom stereocenters. The zero-order valence-corrected chi connectivity index (χ0v) is 16.5. The molecule has 0 bridgehead atoms. The fourth-order valence-corrected chi connectivity index (χ4v) is 3.64. The van der Waals surface area contributed by atoms with Crippen LogP contribution in [0.3, 0.4) is 0 Å². The van der Waals surface area contributed by atoms with E-state index in [1.807, 2.05) is 42.6 Å². The number of nitrogens with zero attached hydrogens (tertiary/aromatic N) is 1. The molecule has 132 valence electrons. The molecule has 0 atom stereocenters. The number of hydrogen-bond acceptors (Lipinski definition) is 2. The largest absolute Gasteiger partial charge is 0.497 e. The van der Waals surface area contributed by atoms with E-state index in [4.69, 9.17) is 9.72 Å². The average Bonchev–Trinajstić information content (AvgIpc) is 2.74. The van der Waals surface area contributed by atoms with Crippen LogP contribution >= 0.6 is 15.9 Å². The van der Waals surface area contributed by atoms with Crippen molar-refractivity contribution in [3.63, 3.8) is 0 Å². The molecular formula is C24H18BrNO. The third-order valence-electron chi connectivity index (χ3n) is 4.52. The van der Waals surface area contributed by atoms with Crippen LogP contribution in [-0.4, -0.2) is 12.1 Å². The van der Waals surface area contributed by atoms with Crippen LogP contribution in [0.2, 0.25) is 0 Å². The van der Waals surface area contributed by atoms with Crippen molar-refractivity contribution in [2.75, 3.05) is 7.11 Å². The fraction of sp³-hybridized carbons (Fsp3) is 0.0417.